The molecule has 2 amide bonds. The van der Waals surface area contributed by atoms with Gasteiger partial charge in [-0.15, -0.1) is 0 Å². The first-order valence-corrected chi connectivity index (χ1v) is 10.2. The van der Waals surface area contributed by atoms with Gasteiger partial charge in [-0.05, 0) is 54.3 Å². The Kier molecular flexibility index (Phi) is 4.55. The van der Waals surface area contributed by atoms with Gasteiger partial charge < -0.3 is 19.9 Å². The highest BCUT2D eigenvalue weighted by Gasteiger charge is 2.50. The van der Waals surface area contributed by atoms with Gasteiger partial charge in [0.2, 0.25) is 0 Å². The summed E-state index contributed by atoms with van der Waals surface area (Å²) in [5, 5.41) is 10.7. The van der Waals surface area contributed by atoms with Crippen molar-refractivity contribution < 1.29 is 23.5 Å². The zero-order valence-corrected chi connectivity index (χ0v) is 16.7. The topological polar surface area (TPSA) is 76.6 Å². The lowest BCUT2D eigenvalue weighted by molar-refractivity contribution is -0.143. The van der Waals surface area contributed by atoms with Gasteiger partial charge in [-0.3, -0.25) is 9.59 Å². The standard InChI is InChI=1S/C23H21F2N3O3/c24-18-12-14(16-11-15-3-6-26-20(15)19(25)13-16)1-2-17(18)21(29)27-7-9-28(10-8-27)22(30)23(31)4-5-23/h1-3,6,11-13,26,31H,4-5,7-10H2. The van der Waals surface area contributed by atoms with Crippen LogP contribution in [0.5, 0.6) is 0 Å². The van der Waals surface area contributed by atoms with Crippen molar-refractivity contribution in [3.63, 3.8) is 0 Å². The van der Waals surface area contributed by atoms with Crippen molar-refractivity contribution in [3.05, 3.63) is 59.8 Å². The van der Waals surface area contributed by atoms with Gasteiger partial charge in [-0.25, -0.2) is 8.78 Å². The molecule has 2 fully saturated rings. The fourth-order valence-corrected chi connectivity index (χ4v) is 4.07. The lowest BCUT2D eigenvalue weighted by atomic mass is 10.0. The number of carbonyl (C=O) groups is 2. The molecule has 6 nitrogen and oxygen atoms in total. The van der Waals surface area contributed by atoms with Crippen LogP contribution in [0.4, 0.5) is 8.78 Å². The third-order valence-corrected chi connectivity index (χ3v) is 6.12. The van der Waals surface area contributed by atoms with Crippen molar-refractivity contribution in [2.75, 3.05) is 26.2 Å². The highest BCUT2D eigenvalue weighted by molar-refractivity contribution is 5.96. The van der Waals surface area contributed by atoms with Crippen molar-refractivity contribution in [2.45, 2.75) is 18.4 Å². The number of halogens is 2. The highest BCUT2D eigenvalue weighted by atomic mass is 19.1. The molecule has 2 N–H and O–H groups in total. The van der Waals surface area contributed by atoms with Crippen LogP contribution >= 0.6 is 0 Å². The van der Waals surface area contributed by atoms with E-state index < -0.39 is 23.1 Å². The van der Waals surface area contributed by atoms with Gasteiger partial charge in [-0.1, -0.05) is 6.07 Å². The fraction of sp³-hybridized carbons (Fsp3) is 0.304. The molecule has 3 aromatic rings. The van der Waals surface area contributed by atoms with E-state index in [1.807, 2.05) is 0 Å². The smallest absolute Gasteiger partial charge is 0.256 e. The molecule has 0 bridgehead atoms. The number of H-pyrrole nitrogens is 1. The second kappa shape index (κ2) is 7.16. The summed E-state index contributed by atoms with van der Waals surface area (Å²) in [6.45, 7) is 1.17. The number of fused-ring (bicyclic) bond motifs is 1. The Balaban J connectivity index is 1.31. The maximum absolute atomic E-state index is 14.8. The predicted octanol–water partition coefficient (Wildman–Crippen LogP) is 2.92. The van der Waals surface area contributed by atoms with Gasteiger partial charge in [-0.2, -0.15) is 0 Å². The summed E-state index contributed by atoms with van der Waals surface area (Å²) in [5.74, 6) is -1.85. The number of hydrogen-bond acceptors (Lipinski definition) is 3. The van der Waals surface area contributed by atoms with E-state index >= 15 is 0 Å². The Morgan fingerprint density at radius 3 is 2.26 bits per heavy atom. The second-order valence-corrected chi connectivity index (χ2v) is 8.21. The fourth-order valence-electron chi connectivity index (χ4n) is 4.07. The highest BCUT2D eigenvalue weighted by Crippen LogP contribution is 2.37. The van der Waals surface area contributed by atoms with E-state index in [1.54, 1.807) is 29.3 Å². The van der Waals surface area contributed by atoms with Gasteiger partial charge in [0.15, 0.2) is 0 Å². The van der Waals surface area contributed by atoms with Crippen LogP contribution in [0, 0.1) is 11.6 Å². The minimum Gasteiger partial charge on any atom is -0.380 e. The normalized spacial score (nSPS) is 17.8. The molecule has 2 heterocycles. The first-order valence-electron chi connectivity index (χ1n) is 10.2. The molecule has 1 saturated heterocycles. The summed E-state index contributed by atoms with van der Waals surface area (Å²) >= 11 is 0. The first kappa shape index (κ1) is 19.7. The molecule has 2 aliphatic rings. The zero-order valence-electron chi connectivity index (χ0n) is 16.7. The molecule has 160 valence electrons. The molecule has 1 saturated carbocycles. The van der Waals surface area contributed by atoms with E-state index in [0.29, 0.717) is 48.0 Å². The van der Waals surface area contributed by atoms with Gasteiger partial charge >= 0.3 is 0 Å². The van der Waals surface area contributed by atoms with Crippen LogP contribution in [0.3, 0.4) is 0 Å². The number of rotatable bonds is 3. The number of hydrogen-bond donors (Lipinski definition) is 2. The maximum atomic E-state index is 14.8. The monoisotopic (exact) mass is 425 g/mol. The summed E-state index contributed by atoms with van der Waals surface area (Å²) in [7, 11) is 0. The molecule has 0 radical (unpaired) electrons. The number of benzene rings is 2. The number of nitrogens with zero attached hydrogens (tertiary/aromatic N) is 2. The molecule has 1 aliphatic heterocycles. The van der Waals surface area contributed by atoms with E-state index in [4.69, 9.17) is 0 Å². The first-order chi connectivity index (χ1) is 14.9. The summed E-state index contributed by atoms with van der Waals surface area (Å²) in [5.41, 5.74) is 0.101. The van der Waals surface area contributed by atoms with Crippen LogP contribution in [0.25, 0.3) is 22.0 Å². The second-order valence-electron chi connectivity index (χ2n) is 8.21. The Bertz CT molecular complexity index is 1190. The Labute approximate surface area is 177 Å². The third-order valence-electron chi connectivity index (χ3n) is 6.12. The van der Waals surface area contributed by atoms with E-state index in [9.17, 15) is 23.5 Å². The molecule has 8 heteroatoms. The molecule has 0 unspecified atom stereocenters. The van der Waals surface area contributed by atoms with Crippen molar-refractivity contribution in [3.8, 4) is 11.1 Å². The summed E-state index contributed by atoms with van der Waals surface area (Å²) in [6, 6.07) is 9.09. The van der Waals surface area contributed by atoms with Gasteiger partial charge in [0.05, 0.1) is 11.1 Å². The number of piperazine rings is 1. The van der Waals surface area contributed by atoms with Crippen molar-refractivity contribution in [1.29, 1.82) is 0 Å². The van der Waals surface area contributed by atoms with Crippen LogP contribution in [0.15, 0.2) is 42.6 Å². The molecule has 5 rings (SSSR count). The van der Waals surface area contributed by atoms with Gasteiger partial charge in [0.25, 0.3) is 11.8 Å². The lowest BCUT2D eigenvalue weighted by Crippen LogP contribution is -2.53. The molecular weight excluding hydrogens is 404 g/mol. The summed E-state index contributed by atoms with van der Waals surface area (Å²) in [4.78, 5) is 30.9. The number of amides is 2. The number of nitrogens with one attached hydrogen (secondary N) is 1. The van der Waals surface area contributed by atoms with Crippen LogP contribution in [0.2, 0.25) is 0 Å². The van der Waals surface area contributed by atoms with E-state index in [1.165, 1.54) is 23.1 Å². The van der Waals surface area contributed by atoms with Crippen molar-refractivity contribution >= 4 is 22.7 Å². The van der Waals surface area contributed by atoms with Crippen molar-refractivity contribution in [2.24, 2.45) is 0 Å². The van der Waals surface area contributed by atoms with Crippen LogP contribution in [-0.2, 0) is 4.79 Å². The predicted molar refractivity (Wildman–Crippen MR) is 110 cm³/mol. The Morgan fingerprint density at radius 1 is 0.903 bits per heavy atom. The summed E-state index contributed by atoms with van der Waals surface area (Å²) in [6.07, 6.45) is 2.59. The molecule has 0 spiro atoms. The Hall–Kier alpha value is -3.26. The zero-order chi connectivity index (χ0) is 21.8. The number of aromatic nitrogens is 1. The van der Waals surface area contributed by atoms with Gasteiger partial charge in [0.1, 0.15) is 17.2 Å². The molecular formula is C23H21F2N3O3. The summed E-state index contributed by atoms with van der Waals surface area (Å²) < 4.78 is 29.1. The van der Waals surface area contributed by atoms with Crippen LogP contribution in [0.1, 0.15) is 23.2 Å². The van der Waals surface area contributed by atoms with Gasteiger partial charge in [0, 0.05) is 37.8 Å². The molecule has 2 aromatic carbocycles. The van der Waals surface area contributed by atoms with E-state index in [0.717, 1.165) is 0 Å². The average Bonchev–Trinajstić information content (AvgIpc) is 3.33. The largest absolute Gasteiger partial charge is 0.380 e. The number of carbonyl (C=O) groups excluding carboxylic acids is 2. The Morgan fingerprint density at radius 2 is 1.58 bits per heavy atom. The molecule has 0 atom stereocenters. The third kappa shape index (κ3) is 3.46. The number of aliphatic hydroxyl groups is 1. The lowest BCUT2D eigenvalue weighted by Gasteiger charge is -2.35. The minimum atomic E-state index is -1.23. The molecule has 1 aliphatic carbocycles. The molecule has 31 heavy (non-hydrogen) atoms. The van der Waals surface area contributed by atoms with Crippen LogP contribution < -0.4 is 0 Å². The average molecular weight is 425 g/mol. The SMILES string of the molecule is O=C(c1ccc(-c2cc(F)c3[nH]ccc3c2)cc1F)N1CCN(C(=O)C2(O)CC2)CC1. The maximum Gasteiger partial charge on any atom is 0.256 e. The van der Waals surface area contributed by atoms with E-state index in [2.05, 4.69) is 4.98 Å². The van der Waals surface area contributed by atoms with Crippen molar-refractivity contribution in [1.82, 2.24) is 14.8 Å². The minimum absolute atomic E-state index is 0.0625. The number of aromatic amines is 1. The quantitative estimate of drug-likeness (QED) is 0.678. The molecule has 1 aromatic heterocycles. The van der Waals surface area contributed by atoms with E-state index in [-0.39, 0.29) is 24.6 Å². The van der Waals surface area contributed by atoms with Crippen LogP contribution in [-0.4, -0.2) is 63.5 Å².